The lowest BCUT2D eigenvalue weighted by molar-refractivity contribution is 0.527. The predicted octanol–water partition coefficient (Wildman–Crippen LogP) is 3.69. The number of aryl methyl sites for hydroxylation is 2. The predicted molar refractivity (Wildman–Crippen MR) is 72.3 cm³/mol. The van der Waals surface area contributed by atoms with Crippen LogP contribution in [0.25, 0.3) is 0 Å². The maximum atomic E-state index is 6.18. The third-order valence-electron chi connectivity index (χ3n) is 2.70. The molecule has 0 aliphatic carbocycles. The van der Waals surface area contributed by atoms with Crippen molar-refractivity contribution in [1.29, 1.82) is 0 Å². The van der Waals surface area contributed by atoms with Gasteiger partial charge in [0.25, 0.3) is 0 Å². The molecule has 0 bridgehead atoms. The van der Waals surface area contributed by atoms with E-state index in [4.69, 9.17) is 10.2 Å². The van der Waals surface area contributed by atoms with Gasteiger partial charge in [0.1, 0.15) is 5.76 Å². The molecule has 0 aliphatic heterocycles. The molecule has 0 fully saturated rings. The van der Waals surface area contributed by atoms with Crippen molar-refractivity contribution in [3.8, 4) is 0 Å². The standard InChI is InChI=1S/C14H17NOS/c1-10-4-3-5-12(8-10)13(15)9-17-14-6-7-16-11(14)2/h3-8,13H,9,15H2,1-2H3. The fourth-order valence-corrected chi connectivity index (χ4v) is 2.65. The molecule has 1 atom stereocenters. The molecule has 90 valence electrons. The van der Waals surface area contributed by atoms with Gasteiger partial charge in [-0.1, -0.05) is 29.8 Å². The molecule has 0 saturated carbocycles. The highest BCUT2D eigenvalue weighted by atomic mass is 32.2. The Morgan fingerprint density at radius 2 is 2.12 bits per heavy atom. The van der Waals surface area contributed by atoms with E-state index in [0.717, 1.165) is 11.5 Å². The molecule has 2 rings (SSSR count). The van der Waals surface area contributed by atoms with Gasteiger partial charge in [0, 0.05) is 16.7 Å². The molecule has 0 saturated heterocycles. The van der Waals surface area contributed by atoms with Gasteiger partial charge < -0.3 is 10.2 Å². The van der Waals surface area contributed by atoms with Crippen molar-refractivity contribution in [3.63, 3.8) is 0 Å². The summed E-state index contributed by atoms with van der Waals surface area (Å²) in [7, 11) is 0. The van der Waals surface area contributed by atoms with E-state index in [-0.39, 0.29) is 6.04 Å². The molecule has 3 heteroatoms. The Morgan fingerprint density at radius 3 is 2.76 bits per heavy atom. The highest BCUT2D eigenvalue weighted by Crippen LogP contribution is 2.27. The van der Waals surface area contributed by atoms with Gasteiger partial charge in [0.15, 0.2) is 0 Å². The average molecular weight is 247 g/mol. The minimum Gasteiger partial charge on any atom is -0.468 e. The quantitative estimate of drug-likeness (QED) is 0.837. The first-order valence-electron chi connectivity index (χ1n) is 5.66. The molecule has 0 amide bonds. The van der Waals surface area contributed by atoms with Gasteiger partial charge in [-0.15, -0.1) is 11.8 Å². The van der Waals surface area contributed by atoms with Crippen LogP contribution in [0.3, 0.4) is 0 Å². The molecule has 0 aliphatic rings. The minimum atomic E-state index is 0.0641. The van der Waals surface area contributed by atoms with Gasteiger partial charge in [-0.05, 0) is 25.5 Å². The second-order valence-corrected chi connectivity index (χ2v) is 5.23. The second-order valence-electron chi connectivity index (χ2n) is 4.17. The van der Waals surface area contributed by atoms with Crippen LogP contribution in [-0.2, 0) is 0 Å². The summed E-state index contributed by atoms with van der Waals surface area (Å²) in [6.45, 7) is 4.06. The van der Waals surface area contributed by atoms with E-state index >= 15 is 0 Å². The normalized spacial score (nSPS) is 12.6. The first-order valence-corrected chi connectivity index (χ1v) is 6.64. The molecular formula is C14H17NOS. The average Bonchev–Trinajstić information content (AvgIpc) is 2.72. The molecule has 1 aromatic carbocycles. The van der Waals surface area contributed by atoms with Gasteiger partial charge in [0.05, 0.1) is 6.26 Å². The van der Waals surface area contributed by atoms with Crippen molar-refractivity contribution in [1.82, 2.24) is 0 Å². The van der Waals surface area contributed by atoms with E-state index in [2.05, 4.69) is 31.2 Å². The zero-order valence-electron chi connectivity index (χ0n) is 10.1. The molecule has 0 radical (unpaired) electrons. The number of furan rings is 1. The van der Waals surface area contributed by atoms with Crippen LogP contribution in [0.1, 0.15) is 22.9 Å². The molecule has 2 N–H and O–H groups in total. The lowest BCUT2D eigenvalue weighted by Crippen LogP contribution is -2.12. The zero-order chi connectivity index (χ0) is 12.3. The Bertz CT molecular complexity index is 492. The number of benzene rings is 1. The van der Waals surface area contributed by atoms with Crippen LogP contribution in [0, 0.1) is 13.8 Å². The first-order chi connectivity index (χ1) is 8.16. The van der Waals surface area contributed by atoms with Crippen molar-refractivity contribution in [2.24, 2.45) is 5.73 Å². The summed E-state index contributed by atoms with van der Waals surface area (Å²) in [5.41, 5.74) is 8.62. The van der Waals surface area contributed by atoms with Crippen molar-refractivity contribution in [2.45, 2.75) is 24.8 Å². The number of hydrogen-bond donors (Lipinski definition) is 1. The number of hydrogen-bond acceptors (Lipinski definition) is 3. The maximum Gasteiger partial charge on any atom is 0.114 e. The van der Waals surface area contributed by atoms with Gasteiger partial charge in [0.2, 0.25) is 0 Å². The highest BCUT2D eigenvalue weighted by Gasteiger charge is 2.09. The fourth-order valence-electron chi connectivity index (χ4n) is 1.70. The lowest BCUT2D eigenvalue weighted by Gasteiger charge is -2.11. The van der Waals surface area contributed by atoms with Crippen molar-refractivity contribution < 1.29 is 4.42 Å². The Morgan fingerprint density at radius 1 is 1.29 bits per heavy atom. The topological polar surface area (TPSA) is 39.2 Å². The van der Waals surface area contributed by atoms with Gasteiger partial charge >= 0.3 is 0 Å². The van der Waals surface area contributed by atoms with Crippen molar-refractivity contribution in [3.05, 3.63) is 53.5 Å². The Kier molecular flexibility index (Phi) is 3.92. The fraction of sp³-hybridized carbons (Fsp3) is 0.286. The maximum absolute atomic E-state index is 6.18. The molecular weight excluding hydrogens is 230 g/mol. The van der Waals surface area contributed by atoms with Crippen molar-refractivity contribution >= 4 is 11.8 Å². The van der Waals surface area contributed by atoms with E-state index in [9.17, 15) is 0 Å². The monoisotopic (exact) mass is 247 g/mol. The summed E-state index contributed by atoms with van der Waals surface area (Å²) in [4.78, 5) is 1.17. The minimum absolute atomic E-state index is 0.0641. The van der Waals surface area contributed by atoms with Crippen LogP contribution >= 0.6 is 11.8 Å². The third-order valence-corrected chi connectivity index (χ3v) is 3.96. The second kappa shape index (κ2) is 5.43. The van der Waals surface area contributed by atoms with E-state index in [1.54, 1.807) is 18.0 Å². The Labute approximate surface area is 106 Å². The zero-order valence-corrected chi connectivity index (χ0v) is 11.0. The summed E-state index contributed by atoms with van der Waals surface area (Å²) in [6, 6.07) is 10.4. The van der Waals surface area contributed by atoms with Crippen LogP contribution < -0.4 is 5.73 Å². The van der Waals surface area contributed by atoms with Crippen molar-refractivity contribution in [2.75, 3.05) is 5.75 Å². The number of thioether (sulfide) groups is 1. The summed E-state index contributed by atoms with van der Waals surface area (Å²) >= 11 is 1.74. The summed E-state index contributed by atoms with van der Waals surface area (Å²) in [5.74, 6) is 1.83. The molecule has 1 unspecified atom stereocenters. The summed E-state index contributed by atoms with van der Waals surface area (Å²) < 4.78 is 5.26. The van der Waals surface area contributed by atoms with E-state index < -0.39 is 0 Å². The molecule has 2 aromatic rings. The summed E-state index contributed by atoms with van der Waals surface area (Å²) in [5, 5.41) is 0. The third kappa shape index (κ3) is 3.14. The van der Waals surface area contributed by atoms with Crippen LogP contribution in [0.2, 0.25) is 0 Å². The Balaban J connectivity index is 1.98. The SMILES string of the molecule is Cc1cccc(C(N)CSc2ccoc2C)c1. The van der Waals surface area contributed by atoms with Gasteiger partial charge in [-0.25, -0.2) is 0 Å². The highest BCUT2D eigenvalue weighted by molar-refractivity contribution is 7.99. The number of nitrogens with two attached hydrogens (primary N) is 1. The molecule has 2 nitrogen and oxygen atoms in total. The molecule has 1 heterocycles. The molecule has 17 heavy (non-hydrogen) atoms. The van der Waals surface area contributed by atoms with Crippen LogP contribution in [0.4, 0.5) is 0 Å². The van der Waals surface area contributed by atoms with E-state index in [1.165, 1.54) is 16.0 Å². The summed E-state index contributed by atoms with van der Waals surface area (Å²) in [6.07, 6.45) is 1.72. The van der Waals surface area contributed by atoms with E-state index in [1.807, 2.05) is 13.0 Å². The smallest absolute Gasteiger partial charge is 0.114 e. The largest absolute Gasteiger partial charge is 0.468 e. The lowest BCUT2D eigenvalue weighted by atomic mass is 10.1. The Hall–Kier alpha value is -1.19. The van der Waals surface area contributed by atoms with Gasteiger partial charge in [-0.3, -0.25) is 0 Å². The molecule has 0 spiro atoms. The van der Waals surface area contributed by atoms with Gasteiger partial charge in [-0.2, -0.15) is 0 Å². The van der Waals surface area contributed by atoms with E-state index in [0.29, 0.717) is 0 Å². The number of rotatable bonds is 4. The first kappa shape index (κ1) is 12.3. The van der Waals surface area contributed by atoms with Crippen LogP contribution in [0.5, 0.6) is 0 Å². The van der Waals surface area contributed by atoms with Crippen LogP contribution in [0.15, 0.2) is 45.9 Å². The molecule has 1 aromatic heterocycles. The van der Waals surface area contributed by atoms with Crippen LogP contribution in [-0.4, -0.2) is 5.75 Å².